The van der Waals surface area contributed by atoms with Crippen LogP contribution in [-0.4, -0.2) is 19.7 Å². The molecule has 0 amide bonds. The maximum Gasteiger partial charge on any atom is 0.162 e. The highest BCUT2D eigenvalue weighted by Gasteiger charge is 2.15. The Bertz CT molecular complexity index is 560. The van der Waals surface area contributed by atoms with Gasteiger partial charge < -0.3 is 5.43 Å². The summed E-state index contributed by atoms with van der Waals surface area (Å²) in [4.78, 5) is 8.53. The smallest absolute Gasteiger partial charge is 0.162 e. The van der Waals surface area contributed by atoms with Crippen LogP contribution in [0.4, 0.5) is 5.82 Å². The first-order valence-corrected chi connectivity index (χ1v) is 6.63. The number of hydrogen-bond acceptors (Lipinski definition) is 5. The molecular formula is C13H20N6. The van der Waals surface area contributed by atoms with Gasteiger partial charge in [0.1, 0.15) is 12.1 Å². The minimum atomic E-state index is 0.656. The minimum absolute atomic E-state index is 0.656. The normalized spacial score (nSPS) is 10.7. The summed E-state index contributed by atoms with van der Waals surface area (Å²) in [6.07, 6.45) is 4.12. The molecule has 0 aliphatic rings. The summed E-state index contributed by atoms with van der Waals surface area (Å²) in [6.45, 7) is 6.26. The van der Waals surface area contributed by atoms with E-state index in [0.717, 1.165) is 42.0 Å². The first-order chi connectivity index (χ1) is 9.24. The number of anilines is 1. The second-order valence-corrected chi connectivity index (χ2v) is 4.27. The summed E-state index contributed by atoms with van der Waals surface area (Å²) in [7, 11) is 0. The highest BCUT2D eigenvalue weighted by molar-refractivity contribution is 5.51. The molecule has 0 unspecified atom stereocenters. The Balaban J connectivity index is 2.60. The van der Waals surface area contributed by atoms with Crippen LogP contribution in [0.5, 0.6) is 0 Å². The van der Waals surface area contributed by atoms with Crippen molar-refractivity contribution in [1.82, 2.24) is 19.7 Å². The van der Waals surface area contributed by atoms with Crippen molar-refractivity contribution >= 4 is 5.82 Å². The third-order valence-electron chi connectivity index (χ3n) is 3.17. The van der Waals surface area contributed by atoms with E-state index < -0.39 is 0 Å². The molecule has 2 aromatic heterocycles. The van der Waals surface area contributed by atoms with E-state index in [9.17, 15) is 0 Å². The van der Waals surface area contributed by atoms with Crippen molar-refractivity contribution in [2.75, 3.05) is 5.43 Å². The van der Waals surface area contributed by atoms with Crippen molar-refractivity contribution < 1.29 is 0 Å². The fourth-order valence-electron chi connectivity index (χ4n) is 2.12. The molecule has 0 aliphatic carbocycles. The zero-order chi connectivity index (χ0) is 13.8. The molecule has 2 rings (SSSR count). The predicted molar refractivity (Wildman–Crippen MR) is 75.1 cm³/mol. The van der Waals surface area contributed by atoms with Crippen molar-refractivity contribution in [3.05, 3.63) is 29.3 Å². The molecule has 2 heterocycles. The molecule has 6 heteroatoms. The van der Waals surface area contributed by atoms with Crippen LogP contribution in [0.25, 0.3) is 5.82 Å². The highest BCUT2D eigenvalue weighted by atomic mass is 15.3. The fraction of sp³-hybridized carbons (Fsp3) is 0.462. The molecule has 0 saturated carbocycles. The topological polar surface area (TPSA) is 81.7 Å². The van der Waals surface area contributed by atoms with Gasteiger partial charge in [-0.05, 0) is 25.3 Å². The van der Waals surface area contributed by atoms with E-state index in [0.29, 0.717) is 5.82 Å². The lowest BCUT2D eigenvalue weighted by atomic mass is 10.2. The summed E-state index contributed by atoms with van der Waals surface area (Å²) in [5.74, 6) is 6.97. The van der Waals surface area contributed by atoms with Gasteiger partial charge in [0.25, 0.3) is 0 Å². The van der Waals surface area contributed by atoms with Crippen LogP contribution >= 0.6 is 0 Å². The van der Waals surface area contributed by atoms with E-state index in [4.69, 9.17) is 5.84 Å². The Morgan fingerprint density at radius 1 is 1.16 bits per heavy atom. The van der Waals surface area contributed by atoms with Gasteiger partial charge in [-0.3, -0.25) is 0 Å². The Morgan fingerprint density at radius 3 is 2.53 bits per heavy atom. The van der Waals surface area contributed by atoms with Crippen LogP contribution in [0.3, 0.4) is 0 Å². The monoisotopic (exact) mass is 260 g/mol. The Kier molecular flexibility index (Phi) is 4.11. The van der Waals surface area contributed by atoms with Crippen molar-refractivity contribution in [1.29, 1.82) is 0 Å². The van der Waals surface area contributed by atoms with E-state index >= 15 is 0 Å². The van der Waals surface area contributed by atoms with Crippen molar-refractivity contribution in [3.8, 4) is 5.82 Å². The van der Waals surface area contributed by atoms with E-state index in [-0.39, 0.29) is 0 Å². The van der Waals surface area contributed by atoms with Crippen molar-refractivity contribution in [2.45, 2.75) is 40.0 Å². The van der Waals surface area contributed by atoms with E-state index in [1.165, 1.54) is 6.33 Å². The van der Waals surface area contributed by atoms with E-state index in [1.807, 2.05) is 4.68 Å². The lowest BCUT2D eigenvalue weighted by Gasteiger charge is -2.12. The number of nitrogen functional groups attached to an aromatic ring is 1. The van der Waals surface area contributed by atoms with Gasteiger partial charge in [-0.25, -0.2) is 20.5 Å². The third kappa shape index (κ3) is 2.44. The minimum Gasteiger partial charge on any atom is -0.308 e. The number of hydrogen-bond donors (Lipinski definition) is 2. The number of aryl methyl sites for hydroxylation is 2. The van der Waals surface area contributed by atoms with Crippen LogP contribution < -0.4 is 11.3 Å². The Labute approximate surface area is 113 Å². The summed E-state index contributed by atoms with van der Waals surface area (Å²) in [5, 5.41) is 4.61. The van der Waals surface area contributed by atoms with Gasteiger partial charge in [-0.15, -0.1) is 0 Å². The van der Waals surface area contributed by atoms with Gasteiger partial charge in [0.15, 0.2) is 5.82 Å². The van der Waals surface area contributed by atoms with Gasteiger partial charge in [0.05, 0.1) is 5.69 Å². The van der Waals surface area contributed by atoms with Gasteiger partial charge in [-0.1, -0.05) is 20.8 Å². The lowest BCUT2D eigenvalue weighted by Crippen LogP contribution is -2.15. The molecule has 0 radical (unpaired) electrons. The Hall–Kier alpha value is -1.95. The SMILES string of the molecule is CCc1cc(CC)n(-c2ncnc(NN)c2CC)n1. The molecule has 0 fully saturated rings. The summed E-state index contributed by atoms with van der Waals surface area (Å²) in [5.41, 5.74) is 5.82. The molecule has 19 heavy (non-hydrogen) atoms. The first kappa shape index (κ1) is 13.5. The first-order valence-electron chi connectivity index (χ1n) is 6.63. The number of nitrogens with two attached hydrogens (primary N) is 1. The molecule has 0 aromatic carbocycles. The molecule has 0 spiro atoms. The Morgan fingerprint density at radius 2 is 1.95 bits per heavy atom. The van der Waals surface area contributed by atoms with Gasteiger partial charge in [0.2, 0.25) is 0 Å². The standard InChI is InChI=1S/C13H20N6/c1-4-9-7-10(5-2)19(18-9)13-11(6-3)12(17-14)15-8-16-13/h7-8H,4-6,14H2,1-3H3,(H,15,16,17). The highest BCUT2D eigenvalue weighted by Crippen LogP contribution is 2.21. The van der Waals surface area contributed by atoms with Gasteiger partial charge in [-0.2, -0.15) is 5.10 Å². The average molecular weight is 260 g/mol. The van der Waals surface area contributed by atoms with Crippen molar-refractivity contribution in [2.24, 2.45) is 5.84 Å². The summed E-state index contributed by atoms with van der Waals surface area (Å²) >= 11 is 0. The van der Waals surface area contributed by atoms with Crippen LogP contribution in [0, 0.1) is 0 Å². The largest absolute Gasteiger partial charge is 0.308 e. The molecule has 6 nitrogen and oxygen atoms in total. The molecule has 0 aliphatic heterocycles. The molecule has 102 valence electrons. The van der Waals surface area contributed by atoms with Gasteiger partial charge in [0, 0.05) is 11.3 Å². The maximum atomic E-state index is 5.51. The van der Waals surface area contributed by atoms with E-state index in [2.05, 4.69) is 47.3 Å². The summed E-state index contributed by atoms with van der Waals surface area (Å²) < 4.78 is 1.90. The second-order valence-electron chi connectivity index (χ2n) is 4.27. The zero-order valence-electron chi connectivity index (χ0n) is 11.6. The van der Waals surface area contributed by atoms with Crippen LogP contribution in [0.1, 0.15) is 37.7 Å². The number of rotatable bonds is 5. The van der Waals surface area contributed by atoms with Gasteiger partial charge >= 0.3 is 0 Å². The lowest BCUT2D eigenvalue weighted by molar-refractivity contribution is 0.756. The second kappa shape index (κ2) is 5.79. The van der Waals surface area contributed by atoms with E-state index in [1.54, 1.807) is 0 Å². The zero-order valence-corrected chi connectivity index (χ0v) is 11.6. The average Bonchev–Trinajstić information content (AvgIpc) is 2.89. The molecule has 0 saturated heterocycles. The number of nitrogens with one attached hydrogen (secondary N) is 1. The molecule has 3 N–H and O–H groups in total. The number of aromatic nitrogens is 4. The fourth-order valence-corrected chi connectivity index (χ4v) is 2.12. The molecule has 0 atom stereocenters. The third-order valence-corrected chi connectivity index (χ3v) is 3.17. The number of hydrazine groups is 1. The van der Waals surface area contributed by atoms with Crippen LogP contribution in [0.2, 0.25) is 0 Å². The van der Waals surface area contributed by atoms with Crippen LogP contribution in [-0.2, 0) is 19.3 Å². The molecule has 2 aromatic rings. The van der Waals surface area contributed by atoms with Crippen LogP contribution in [0.15, 0.2) is 12.4 Å². The maximum absolute atomic E-state index is 5.51. The number of nitrogens with zero attached hydrogens (tertiary/aromatic N) is 4. The predicted octanol–water partition coefficient (Wildman–Crippen LogP) is 1.64. The quantitative estimate of drug-likeness (QED) is 0.631. The molecule has 0 bridgehead atoms. The van der Waals surface area contributed by atoms with Crippen molar-refractivity contribution in [3.63, 3.8) is 0 Å². The molecular weight excluding hydrogens is 240 g/mol. The summed E-state index contributed by atoms with van der Waals surface area (Å²) in [6, 6.07) is 2.12.